The first-order valence-electron chi connectivity index (χ1n) is 12.0. The molecule has 1 aliphatic heterocycles. The van der Waals surface area contributed by atoms with Crippen molar-refractivity contribution in [2.45, 2.75) is 39.2 Å². The van der Waals surface area contributed by atoms with Crippen molar-refractivity contribution >= 4 is 23.7 Å². The number of hydrogen-bond donors (Lipinski definition) is 1. The van der Waals surface area contributed by atoms with E-state index in [2.05, 4.69) is 27.1 Å². The molecule has 0 bridgehead atoms. The molecule has 9 heteroatoms. The fourth-order valence-electron chi connectivity index (χ4n) is 5.97. The number of fused-ring (bicyclic) bond motifs is 2. The van der Waals surface area contributed by atoms with Crippen LogP contribution in [0.3, 0.4) is 0 Å². The number of halogens is 2. The van der Waals surface area contributed by atoms with E-state index in [1.54, 1.807) is 32.5 Å². The molecule has 4 aromatic rings. The van der Waals surface area contributed by atoms with Crippen molar-refractivity contribution in [1.29, 1.82) is 0 Å². The predicted molar refractivity (Wildman–Crippen MR) is 140 cm³/mol. The smallest absolute Gasteiger partial charge is 0.155 e. The lowest BCUT2D eigenvalue weighted by Crippen LogP contribution is -2.44. The molecule has 0 radical (unpaired) electrons. The number of aryl methyl sites for hydroxylation is 2. The van der Waals surface area contributed by atoms with Gasteiger partial charge in [-0.15, -0.1) is 12.4 Å². The molecular formula is C27H30ClFN6O. The van der Waals surface area contributed by atoms with E-state index < -0.39 is 0 Å². The Labute approximate surface area is 215 Å². The van der Waals surface area contributed by atoms with Crippen molar-refractivity contribution in [2.75, 3.05) is 25.1 Å². The van der Waals surface area contributed by atoms with E-state index >= 15 is 0 Å². The fourth-order valence-corrected chi connectivity index (χ4v) is 5.97. The second-order valence-corrected chi connectivity index (χ2v) is 9.82. The van der Waals surface area contributed by atoms with Crippen LogP contribution in [0.15, 0.2) is 42.7 Å². The van der Waals surface area contributed by atoms with Crippen molar-refractivity contribution in [3.05, 3.63) is 71.1 Å². The Morgan fingerprint density at radius 3 is 2.61 bits per heavy atom. The molecule has 36 heavy (non-hydrogen) atoms. The minimum absolute atomic E-state index is 0. The standard InChI is InChI=1S/C27H29FN6O.ClH/c1-16-23(28)20(6-10-30-16)24-17(2)32-26(22-7-11-31-34(22)24)33-12-8-27(9-13-33)15-18-4-5-19(35-3)14-21(18)25(27)29;/h4-7,10-11,14,25H,8-9,12-13,15,29H2,1-3H3;1H/t25-;/m1./s1. The predicted octanol–water partition coefficient (Wildman–Crippen LogP) is 4.82. The number of pyridine rings is 1. The number of nitrogens with zero attached hydrogens (tertiary/aromatic N) is 5. The number of piperidine rings is 1. The van der Waals surface area contributed by atoms with Crippen LogP contribution in [0.25, 0.3) is 16.8 Å². The van der Waals surface area contributed by atoms with Gasteiger partial charge in [0.05, 0.1) is 30.4 Å². The molecule has 7 nitrogen and oxygen atoms in total. The van der Waals surface area contributed by atoms with Crippen molar-refractivity contribution < 1.29 is 9.13 Å². The Morgan fingerprint density at radius 2 is 1.86 bits per heavy atom. The average Bonchev–Trinajstić information content (AvgIpc) is 3.45. The highest BCUT2D eigenvalue weighted by Gasteiger charge is 2.46. The van der Waals surface area contributed by atoms with Crippen LogP contribution >= 0.6 is 12.4 Å². The molecule has 1 saturated heterocycles. The molecule has 0 saturated carbocycles. The third-order valence-corrected chi connectivity index (χ3v) is 7.97. The summed E-state index contributed by atoms with van der Waals surface area (Å²) in [6.07, 6.45) is 6.32. The maximum absolute atomic E-state index is 15.0. The lowest BCUT2D eigenvalue weighted by Gasteiger charge is -2.42. The van der Waals surface area contributed by atoms with Gasteiger partial charge in [-0.2, -0.15) is 5.10 Å². The number of hydrogen-bond acceptors (Lipinski definition) is 6. The first-order valence-corrected chi connectivity index (χ1v) is 12.0. The third kappa shape index (κ3) is 3.62. The first-order chi connectivity index (χ1) is 16.9. The summed E-state index contributed by atoms with van der Waals surface area (Å²) < 4.78 is 22.2. The van der Waals surface area contributed by atoms with Crippen molar-refractivity contribution in [2.24, 2.45) is 11.1 Å². The Hall–Kier alpha value is -3.23. The maximum Gasteiger partial charge on any atom is 0.155 e. The third-order valence-electron chi connectivity index (χ3n) is 7.97. The molecule has 2 N–H and O–H groups in total. The van der Waals surface area contributed by atoms with Crippen LogP contribution in [0.2, 0.25) is 0 Å². The lowest BCUT2D eigenvalue weighted by atomic mass is 9.73. The van der Waals surface area contributed by atoms with Crippen LogP contribution in [-0.2, 0) is 6.42 Å². The number of nitrogens with two attached hydrogens (primary N) is 1. The average molecular weight is 509 g/mol. The summed E-state index contributed by atoms with van der Waals surface area (Å²) in [6, 6.07) is 9.92. The monoisotopic (exact) mass is 508 g/mol. The number of methoxy groups -OCH3 is 1. The van der Waals surface area contributed by atoms with E-state index in [4.69, 9.17) is 15.5 Å². The van der Waals surface area contributed by atoms with Crippen LogP contribution in [0.4, 0.5) is 10.2 Å². The van der Waals surface area contributed by atoms with Crippen LogP contribution < -0.4 is 15.4 Å². The normalized spacial score (nSPS) is 18.4. The highest BCUT2D eigenvalue weighted by Crippen LogP contribution is 2.52. The van der Waals surface area contributed by atoms with E-state index in [-0.39, 0.29) is 29.7 Å². The van der Waals surface area contributed by atoms with Crippen LogP contribution in [0.5, 0.6) is 5.75 Å². The Balaban J connectivity index is 0.00000267. The molecule has 1 aromatic carbocycles. The van der Waals surface area contributed by atoms with Crippen LogP contribution in [-0.4, -0.2) is 39.8 Å². The van der Waals surface area contributed by atoms with E-state index in [0.29, 0.717) is 17.0 Å². The summed E-state index contributed by atoms with van der Waals surface area (Å²) in [5.41, 5.74) is 12.5. The summed E-state index contributed by atoms with van der Waals surface area (Å²) in [7, 11) is 1.69. The molecule has 3 aromatic heterocycles. The SMILES string of the molecule is COc1ccc2c(c1)[C@@H](N)C1(CCN(c3nc(C)c(-c4ccnc(C)c4F)n4nccc34)CC1)C2.Cl. The molecule has 1 fully saturated rings. The summed E-state index contributed by atoms with van der Waals surface area (Å²) in [4.78, 5) is 11.4. The van der Waals surface area contributed by atoms with Crippen molar-refractivity contribution in [1.82, 2.24) is 19.6 Å². The van der Waals surface area contributed by atoms with Gasteiger partial charge in [-0.05, 0) is 73.9 Å². The van der Waals surface area contributed by atoms with Gasteiger partial charge in [-0.3, -0.25) is 4.98 Å². The molecular weight excluding hydrogens is 479 g/mol. The van der Waals surface area contributed by atoms with Gasteiger partial charge in [0.25, 0.3) is 0 Å². The quantitative estimate of drug-likeness (QED) is 0.427. The molecule has 1 atom stereocenters. The van der Waals surface area contributed by atoms with E-state index in [1.165, 1.54) is 11.1 Å². The molecule has 1 spiro atoms. The van der Waals surface area contributed by atoms with E-state index in [1.807, 2.05) is 23.6 Å². The van der Waals surface area contributed by atoms with Gasteiger partial charge in [0, 0.05) is 30.9 Å². The lowest BCUT2D eigenvalue weighted by molar-refractivity contribution is 0.187. The molecule has 4 heterocycles. The Kier molecular flexibility index (Phi) is 6.12. The molecule has 0 amide bonds. The number of benzene rings is 1. The molecule has 2 aliphatic rings. The molecule has 0 unspecified atom stereocenters. The fraction of sp³-hybridized carbons (Fsp3) is 0.370. The number of ether oxygens (including phenoxy) is 1. The molecule has 188 valence electrons. The Bertz CT molecular complexity index is 1450. The zero-order valence-electron chi connectivity index (χ0n) is 20.7. The van der Waals surface area contributed by atoms with Crippen molar-refractivity contribution in [3.63, 3.8) is 0 Å². The minimum atomic E-state index is -0.340. The minimum Gasteiger partial charge on any atom is -0.497 e. The summed E-state index contributed by atoms with van der Waals surface area (Å²) in [5.74, 6) is 1.40. The summed E-state index contributed by atoms with van der Waals surface area (Å²) >= 11 is 0. The Morgan fingerprint density at radius 1 is 1.08 bits per heavy atom. The maximum atomic E-state index is 15.0. The van der Waals surface area contributed by atoms with Gasteiger partial charge in [-0.25, -0.2) is 13.9 Å². The second-order valence-electron chi connectivity index (χ2n) is 9.82. The number of aromatic nitrogens is 4. The number of rotatable bonds is 3. The summed E-state index contributed by atoms with van der Waals surface area (Å²) in [5, 5.41) is 4.54. The van der Waals surface area contributed by atoms with Gasteiger partial charge in [0.2, 0.25) is 0 Å². The topological polar surface area (TPSA) is 81.6 Å². The highest BCUT2D eigenvalue weighted by molar-refractivity contribution is 5.85. The summed E-state index contributed by atoms with van der Waals surface area (Å²) in [6.45, 7) is 5.29. The van der Waals surface area contributed by atoms with Gasteiger partial charge in [0.1, 0.15) is 11.3 Å². The largest absolute Gasteiger partial charge is 0.497 e. The number of anilines is 1. The van der Waals surface area contributed by atoms with Crippen molar-refractivity contribution in [3.8, 4) is 17.0 Å². The van der Waals surface area contributed by atoms with E-state index in [9.17, 15) is 4.39 Å². The van der Waals surface area contributed by atoms with Gasteiger partial charge >= 0.3 is 0 Å². The van der Waals surface area contributed by atoms with Crippen LogP contribution in [0, 0.1) is 25.1 Å². The first kappa shape index (κ1) is 24.5. The molecule has 6 rings (SSSR count). The second kappa shape index (κ2) is 9.01. The van der Waals surface area contributed by atoms with E-state index in [0.717, 1.165) is 55.1 Å². The van der Waals surface area contributed by atoms with Gasteiger partial charge in [-0.1, -0.05) is 6.07 Å². The molecule has 1 aliphatic carbocycles. The van der Waals surface area contributed by atoms with Gasteiger partial charge in [0.15, 0.2) is 11.6 Å². The van der Waals surface area contributed by atoms with Crippen LogP contribution in [0.1, 0.15) is 41.4 Å². The highest BCUT2D eigenvalue weighted by atomic mass is 35.5. The zero-order chi connectivity index (χ0) is 24.3. The zero-order valence-corrected chi connectivity index (χ0v) is 21.5. The van der Waals surface area contributed by atoms with Gasteiger partial charge < -0.3 is 15.4 Å².